The molecule has 2 N–H and O–H groups in total. The van der Waals surface area contributed by atoms with E-state index in [4.69, 9.17) is 16.3 Å². The number of carbonyl (C=O) groups is 2. The number of ether oxygens (including phenoxy) is 1. The van der Waals surface area contributed by atoms with Crippen LogP contribution >= 0.6 is 11.6 Å². The third-order valence-corrected chi connectivity index (χ3v) is 7.93. The minimum atomic E-state index is -1.28. The first kappa shape index (κ1) is 24.4. The van der Waals surface area contributed by atoms with Crippen molar-refractivity contribution in [3.8, 4) is 5.75 Å². The van der Waals surface area contributed by atoms with Gasteiger partial charge in [-0.05, 0) is 54.4 Å². The van der Waals surface area contributed by atoms with Crippen molar-refractivity contribution in [2.75, 3.05) is 11.9 Å². The minimum absolute atomic E-state index is 0.129. The zero-order chi connectivity index (χ0) is 26.3. The van der Waals surface area contributed by atoms with Crippen molar-refractivity contribution in [1.29, 1.82) is 0 Å². The summed E-state index contributed by atoms with van der Waals surface area (Å²) in [7, 11) is 0. The number of fused-ring (bicyclic) bond motifs is 2. The molecule has 1 saturated heterocycles. The van der Waals surface area contributed by atoms with E-state index >= 15 is 0 Å². The number of para-hydroxylation sites is 2. The van der Waals surface area contributed by atoms with E-state index in [0.717, 1.165) is 16.7 Å². The first-order valence-electron chi connectivity index (χ1n) is 12.8. The normalized spacial score (nSPS) is 23.7. The number of hydrogen-bond acceptors (Lipinski definition) is 4. The fourth-order valence-corrected chi connectivity index (χ4v) is 6.25. The molecule has 38 heavy (non-hydrogen) atoms. The van der Waals surface area contributed by atoms with Gasteiger partial charge in [-0.2, -0.15) is 0 Å². The smallest absolute Gasteiger partial charge is 0.250 e. The van der Waals surface area contributed by atoms with Gasteiger partial charge in [0.2, 0.25) is 5.91 Å². The van der Waals surface area contributed by atoms with Gasteiger partial charge in [0, 0.05) is 33.8 Å². The Bertz CT molecular complexity index is 1500. The van der Waals surface area contributed by atoms with Crippen LogP contribution in [0.2, 0.25) is 5.02 Å². The van der Waals surface area contributed by atoms with Gasteiger partial charge in [-0.15, -0.1) is 0 Å². The molecule has 1 fully saturated rings. The van der Waals surface area contributed by atoms with Gasteiger partial charge in [-0.1, -0.05) is 78.3 Å². The van der Waals surface area contributed by atoms with Gasteiger partial charge >= 0.3 is 0 Å². The molecule has 4 aromatic rings. The summed E-state index contributed by atoms with van der Waals surface area (Å²) in [6, 6.07) is 32.0. The third-order valence-electron chi connectivity index (χ3n) is 7.67. The van der Waals surface area contributed by atoms with Gasteiger partial charge in [-0.3, -0.25) is 14.9 Å². The number of hydrogen-bond donors (Lipinski definition) is 2. The van der Waals surface area contributed by atoms with E-state index < -0.39 is 17.4 Å². The van der Waals surface area contributed by atoms with Crippen LogP contribution in [-0.4, -0.2) is 18.3 Å². The Morgan fingerprint density at radius 3 is 2.34 bits per heavy atom. The maximum Gasteiger partial charge on any atom is 0.250 e. The summed E-state index contributed by atoms with van der Waals surface area (Å²) in [4.78, 5) is 28.6. The van der Waals surface area contributed by atoms with Crippen molar-refractivity contribution in [1.82, 2.24) is 5.32 Å². The summed E-state index contributed by atoms with van der Waals surface area (Å²) < 4.78 is 6.07. The van der Waals surface area contributed by atoms with Gasteiger partial charge < -0.3 is 10.1 Å². The Kier molecular flexibility index (Phi) is 6.26. The average Bonchev–Trinajstić information content (AvgIpc) is 3.45. The van der Waals surface area contributed by atoms with Crippen LogP contribution in [0.4, 0.5) is 5.69 Å². The van der Waals surface area contributed by atoms with Crippen LogP contribution in [0.5, 0.6) is 5.75 Å². The largest absolute Gasteiger partial charge is 0.494 e. The molecule has 0 saturated carbocycles. The number of anilines is 1. The Morgan fingerprint density at radius 1 is 0.895 bits per heavy atom. The molecule has 190 valence electrons. The first-order valence-corrected chi connectivity index (χ1v) is 13.2. The van der Waals surface area contributed by atoms with Gasteiger partial charge in [0.05, 0.1) is 12.5 Å². The highest BCUT2D eigenvalue weighted by Crippen LogP contribution is 2.58. The number of halogens is 1. The van der Waals surface area contributed by atoms with Crippen LogP contribution < -0.4 is 15.4 Å². The second kappa shape index (κ2) is 9.75. The molecule has 1 spiro atoms. The van der Waals surface area contributed by atoms with E-state index in [2.05, 4.69) is 10.6 Å². The van der Waals surface area contributed by atoms with Crippen molar-refractivity contribution < 1.29 is 14.3 Å². The Morgan fingerprint density at radius 2 is 1.58 bits per heavy atom. The number of rotatable bonds is 6. The van der Waals surface area contributed by atoms with E-state index in [1.54, 1.807) is 24.3 Å². The minimum Gasteiger partial charge on any atom is -0.494 e. The number of benzene rings is 4. The van der Waals surface area contributed by atoms with E-state index in [0.29, 0.717) is 28.6 Å². The fourth-order valence-electron chi connectivity index (χ4n) is 6.12. The maximum absolute atomic E-state index is 14.6. The lowest BCUT2D eigenvalue weighted by Crippen LogP contribution is -2.50. The molecule has 6 rings (SSSR count). The molecule has 0 aromatic heterocycles. The predicted molar refractivity (Wildman–Crippen MR) is 149 cm³/mol. The summed E-state index contributed by atoms with van der Waals surface area (Å²) in [5.41, 5.74) is 2.59. The van der Waals surface area contributed by atoms with Gasteiger partial charge in [-0.25, -0.2) is 0 Å². The van der Waals surface area contributed by atoms with Crippen molar-refractivity contribution in [2.24, 2.45) is 5.92 Å². The van der Waals surface area contributed by atoms with Crippen molar-refractivity contribution in [2.45, 2.75) is 24.4 Å². The second-order valence-corrected chi connectivity index (χ2v) is 10.1. The highest BCUT2D eigenvalue weighted by Gasteiger charge is 2.64. The molecule has 6 heteroatoms. The van der Waals surface area contributed by atoms with Crippen molar-refractivity contribution >= 4 is 29.0 Å². The highest BCUT2D eigenvalue weighted by atomic mass is 35.5. The van der Waals surface area contributed by atoms with Gasteiger partial charge in [0.15, 0.2) is 5.78 Å². The number of amides is 1. The molecule has 2 aliphatic heterocycles. The quantitative estimate of drug-likeness (QED) is 0.283. The van der Waals surface area contributed by atoms with Crippen molar-refractivity contribution in [3.05, 3.63) is 130 Å². The summed E-state index contributed by atoms with van der Waals surface area (Å²) in [6.07, 6.45) is 0. The SMILES string of the molecule is CCOc1ccccc1[C@H]1C(C(=O)c2ccc(Cl)cc2)C2(N[C@@H]1c1ccccc1)C(=O)Nc1ccccc12. The summed E-state index contributed by atoms with van der Waals surface area (Å²) >= 11 is 6.17. The van der Waals surface area contributed by atoms with E-state index in [1.807, 2.05) is 85.8 Å². The van der Waals surface area contributed by atoms with Crippen LogP contribution in [0.15, 0.2) is 103 Å². The molecule has 0 bridgehead atoms. The standard InChI is InChI=1S/C32H27ClN2O3/c1-2-38-26-15-9-6-12-23(26)27-28(30(36)21-16-18-22(33)19-17-21)32(35-29(27)20-10-4-3-5-11-20)24-13-7-8-14-25(24)34-31(32)37/h3-19,27-29,35H,2H2,1H3,(H,34,37)/t27-,28?,29+,32?/m0/s1. The summed E-state index contributed by atoms with van der Waals surface area (Å²) in [6.45, 7) is 2.42. The Balaban J connectivity index is 1.64. The van der Waals surface area contributed by atoms with Crippen molar-refractivity contribution in [3.63, 3.8) is 0 Å². The van der Waals surface area contributed by atoms with E-state index in [-0.39, 0.29) is 17.7 Å². The van der Waals surface area contributed by atoms with Gasteiger partial charge in [0.1, 0.15) is 11.3 Å². The first-order chi connectivity index (χ1) is 18.5. The zero-order valence-corrected chi connectivity index (χ0v) is 21.6. The number of Topliss-reactive ketones (excluding diaryl/α,β-unsaturated/α-hetero) is 1. The Hall–Kier alpha value is -3.93. The number of nitrogens with one attached hydrogen (secondary N) is 2. The molecule has 2 aliphatic rings. The van der Waals surface area contributed by atoms with Crippen LogP contribution in [0.1, 0.15) is 45.9 Å². The van der Waals surface area contributed by atoms with Crippen LogP contribution in [0.3, 0.4) is 0 Å². The van der Waals surface area contributed by atoms with Crippen LogP contribution in [0.25, 0.3) is 0 Å². The number of carbonyl (C=O) groups excluding carboxylic acids is 2. The molecule has 5 nitrogen and oxygen atoms in total. The lowest BCUT2D eigenvalue weighted by atomic mass is 9.69. The predicted octanol–water partition coefficient (Wildman–Crippen LogP) is 6.51. The number of ketones is 1. The molecule has 4 atom stereocenters. The molecule has 0 radical (unpaired) electrons. The monoisotopic (exact) mass is 522 g/mol. The van der Waals surface area contributed by atoms with Gasteiger partial charge in [0.25, 0.3) is 0 Å². The molecular formula is C32H27ClN2O3. The zero-order valence-electron chi connectivity index (χ0n) is 20.9. The molecule has 4 aromatic carbocycles. The highest BCUT2D eigenvalue weighted by molar-refractivity contribution is 6.30. The molecule has 1 amide bonds. The lowest BCUT2D eigenvalue weighted by molar-refractivity contribution is -0.122. The second-order valence-electron chi connectivity index (χ2n) is 9.69. The topological polar surface area (TPSA) is 67.4 Å². The van der Waals surface area contributed by atoms with Crippen LogP contribution in [-0.2, 0) is 10.3 Å². The lowest BCUT2D eigenvalue weighted by Gasteiger charge is -2.31. The average molecular weight is 523 g/mol. The Labute approximate surface area is 226 Å². The van der Waals surface area contributed by atoms with Crippen LogP contribution in [0, 0.1) is 5.92 Å². The molecule has 0 aliphatic carbocycles. The summed E-state index contributed by atoms with van der Waals surface area (Å²) in [5, 5.41) is 7.30. The summed E-state index contributed by atoms with van der Waals surface area (Å²) in [5.74, 6) is -0.821. The molecule has 2 unspecified atom stereocenters. The fraction of sp³-hybridized carbons (Fsp3) is 0.188. The van der Waals surface area contributed by atoms with E-state index in [9.17, 15) is 9.59 Å². The molecule has 2 heterocycles. The maximum atomic E-state index is 14.6. The van der Waals surface area contributed by atoms with E-state index in [1.165, 1.54) is 0 Å². The third kappa shape index (κ3) is 3.82. The molecular weight excluding hydrogens is 496 g/mol.